The molecule has 0 spiro atoms. The zero-order valence-electron chi connectivity index (χ0n) is 13.4. The van der Waals surface area contributed by atoms with Gasteiger partial charge in [-0.15, -0.1) is 0 Å². The SMILES string of the molecule is [CH3][Zr+2]([CH3])([C]1=Cc2ccccc2C1)[C]1=Cc2ccccc2C1.[Cl-].[Cl-].[SiH4]. The van der Waals surface area contributed by atoms with E-state index >= 15 is 0 Å². The Kier molecular flexibility index (Phi) is 7.50. The van der Waals surface area contributed by atoms with Crippen molar-refractivity contribution in [1.29, 1.82) is 0 Å². The maximum absolute atomic E-state index is 2.59. The third-order valence-electron chi connectivity index (χ3n) is 5.14. The third-order valence-corrected chi connectivity index (χ3v) is 14.6. The van der Waals surface area contributed by atoms with Gasteiger partial charge in [0.2, 0.25) is 0 Å². The van der Waals surface area contributed by atoms with Gasteiger partial charge in [-0.1, -0.05) is 0 Å². The minimum Gasteiger partial charge on any atom is -1.00 e. The molecule has 0 saturated carbocycles. The fourth-order valence-electron chi connectivity index (χ4n) is 3.57. The number of hydrogen-bond donors (Lipinski definition) is 0. The smallest absolute Gasteiger partial charge is 0.0149 e. The molecule has 4 rings (SSSR count). The van der Waals surface area contributed by atoms with Crippen molar-refractivity contribution in [3.05, 3.63) is 77.3 Å². The Morgan fingerprint density at radius 2 is 1.04 bits per heavy atom. The van der Waals surface area contributed by atoms with Gasteiger partial charge in [0.05, 0.1) is 0 Å². The van der Waals surface area contributed by atoms with Crippen molar-refractivity contribution >= 4 is 23.1 Å². The van der Waals surface area contributed by atoms with Gasteiger partial charge >= 0.3 is 132 Å². The molecule has 0 bridgehead atoms. The van der Waals surface area contributed by atoms with Gasteiger partial charge in [-0.25, -0.2) is 0 Å². The van der Waals surface area contributed by atoms with Crippen molar-refractivity contribution in [1.82, 2.24) is 0 Å². The Morgan fingerprint density at radius 1 is 0.667 bits per heavy atom. The molecule has 0 aliphatic heterocycles. The molecule has 0 radical (unpaired) electrons. The Bertz CT molecular complexity index is 728. The second-order valence-corrected chi connectivity index (χ2v) is 17.9. The van der Waals surface area contributed by atoms with Crippen molar-refractivity contribution in [2.24, 2.45) is 0 Å². The van der Waals surface area contributed by atoms with Crippen LogP contribution in [0.3, 0.4) is 0 Å². The monoisotopic (exact) mass is 452 g/mol. The van der Waals surface area contributed by atoms with Crippen LogP contribution in [-0.4, -0.2) is 11.0 Å². The van der Waals surface area contributed by atoms with Crippen LogP contribution in [0.2, 0.25) is 9.26 Å². The molecule has 0 aromatic heterocycles. The fourth-order valence-corrected chi connectivity index (χ4v) is 10.2. The second kappa shape index (κ2) is 8.32. The van der Waals surface area contributed by atoms with E-state index in [2.05, 4.69) is 69.9 Å². The quantitative estimate of drug-likeness (QED) is 0.460. The first kappa shape index (κ1) is 21.6. The summed E-state index contributed by atoms with van der Waals surface area (Å²) >= 11 is -2.35. The standard InChI is InChI=1S/2C9H7.2CH3.2ClH.H4Si.Zr/c2*1-2-5-9-7-3-6-8(9)4-1;;;;;;/h2*1-2,4-6H,7H2;2*1H3;2*1H;1H4;/q;;;;;;;+2/p-2. The molecule has 0 amide bonds. The zero-order valence-corrected chi connectivity index (χ0v) is 17.4. The van der Waals surface area contributed by atoms with Crippen molar-refractivity contribution in [3.63, 3.8) is 0 Å². The van der Waals surface area contributed by atoms with Gasteiger partial charge in [-0.2, -0.15) is 0 Å². The summed E-state index contributed by atoms with van der Waals surface area (Å²) in [5, 5.41) is 0. The molecule has 0 unspecified atom stereocenters. The van der Waals surface area contributed by atoms with Crippen LogP contribution in [0.4, 0.5) is 0 Å². The molecule has 0 atom stereocenters. The first-order valence-electron chi connectivity index (χ1n) is 7.72. The van der Waals surface area contributed by atoms with Crippen LogP contribution in [0.5, 0.6) is 0 Å². The predicted octanol–water partition coefficient (Wildman–Crippen LogP) is -2.01. The van der Waals surface area contributed by atoms with E-state index in [9.17, 15) is 0 Å². The van der Waals surface area contributed by atoms with Gasteiger partial charge in [0.25, 0.3) is 0 Å². The van der Waals surface area contributed by atoms with Crippen LogP contribution in [0.25, 0.3) is 12.2 Å². The molecular weight excluding hydrogens is 430 g/mol. The normalized spacial score (nSPS) is 13.6. The van der Waals surface area contributed by atoms with E-state index in [4.69, 9.17) is 0 Å². The maximum Gasteiger partial charge on any atom is -0.0149 e. The number of halogens is 2. The Labute approximate surface area is 166 Å². The zero-order chi connectivity index (χ0) is 14.4. The fraction of sp³-hybridized carbons (Fsp3) is 0.200. The Morgan fingerprint density at radius 3 is 1.42 bits per heavy atom. The van der Waals surface area contributed by atoms with Crippen molar-refractivity contribution in [2.45, 2.75) is 22.1 Å². The van der Waals surface area contributed by atoms with Crippen LogP contribution in [0, 0.1) is 0 Å². The van der Waals surface area contributed by atoms with E-state index in [1.807, 2.05) is 0 Å². The Balaban J connectivity index is 0.000000960. The minimum absolute atomic E-state index is 0. The number of benzene rings is 2. The van der Waals surface area contributed by atoms with E-state index in [1.54, 1.807) is 6.56 Å². The molecule has 0 N–H and O–H groups in total. The van der Waals surface area contributed by atoms with E-state index in [0.29, 0.717) is 0 Å². The summed E-state index contributed by atoms with van der Waals surface area (Å²) in [5.74, 6) is 0. The number of rotatable bonds is 2. The van der Waals surface area contributed by atoms with Gasteiger partial charge < -0.3 is 24.8 Å². The van der Waals surface area contributed by atoms with Crippen LogP contribution in [0.1, 0.15) is 22.3 Å². The largest absolute Gasteiger partial charge is 1.00 e. The van der Waals surface area contributed by atoms with E-state index in [-0.39, 0.29) is 35.8 Å². The van der Waals surface area contributed by atoms with Gasteiger partial charge in [0.15, 0.2) is 0 Å². The Hall–Kier alpha value is -0.400. The van der Waals surface area contributed by atoms with Crippen molar-refractivity contribution in [3.8, 4) is 0 Å². The molecule has 126 valence electrons. The van der Waals surface area contributed by atoms with Crippen LogP contribution < -0.4 is 24.8 Å². The van der Waals surface area contributed by atoms with Gasteiger partial charge in [0, 0.05) is 0 Å². The average Bonchev–Trinajstić information content (AvgIpc) is 3.11. The third kappa shape index (κ3) is 3.73. The average molecular weight is 455 g/mol. The molecule has 4 heteroatoms. The molecule has 24 heavy (non-hydrogen) atoms. The molecule has 0 saturated heterocycles. The molecule has 2 aliphatic rings. The van der Waals surface area contributed by atoms with Crippen molar-refractivity contribution < 1.29 is 45.1 Å². The van der Waals surface area contributed by atoms with Crippen LogP contribution >= 0.6 is 0 Å². The first-order valence-corrected chi connectivity index (χ1v) is 15.1. The molecule has 0 nitrogen and oxygen atoms in total. The number of allylic oxidation sites excluding steroid dienone is 2. The summed E-state index contributed by atoms with van der Waals surface area (Å²) in [6.07, 6.45) is 7.37. The minimum atomic E-state index is -2.35. The second-order valence-electron chi connectivity index (χ2n) is 6.72. The summed E-state index contributed by atoms with van der Waals surface area (Å²) in [5.41, 5.74) is 5.95. The topological polar surface area (TPSA) is 0 Å². The molecule has 2 aromatic carbocycles. The summed E-state index contributed by atoms with van der Waals surface area (Å²) in [7, 11) is 0. The van der Waals surface area contributed by atoms with Crippen LogP contribution in [-0.2, 0) is 33.1 Å². The van der Waals surface area contributed by atoms with E-state index in [1.165, 1.54) is 35.1 Å². The predicted molar refractivity (Wildman–Crippen MR) is 99.3 cm³/mol. The van der Waals surface area contributed by atoms with Gasteiger partial charge in [-0.05, 0) is 11.0 Å². The molecule has 2 aromatic rings. The summed E-state index contributed by atoms with van der Waals surface area (Å²) in [6.45, 7) is 0. The van der Waals surface area contributed by atoms with E-state index < -0.39 is 20.3 Å². The molecule has 0 fully saturated rings. The van der Waals surface area contributed by atoms with E-state index in [0.717, 1.165) is 0 Å². The number of fused-ring (bicyclic) bond motifs is 2. The summed E-state index contributed by atoms with van der Waals surface area (Å²) in [4.78, 5) is 0. The van der Waals surface area contributed by atoms with Crippen LogP contribution in [0.15, 0.2) is 55.1 Å². The molecular formula is C20H24Cl2SiZr. The summed E-state index contributed by atoms with van der Waals surface area (Å²) in [6, 6.07) is 17.8. The first-order chi connectivity index (χ1) is 10.1. The molecule has 2 aliphatic carbocycles. The number of hydrogen-bond acceptors (Lipinski definition) is 0. The maximum atomic E-state index is 2.59. The van der Waals surface area contributed by atoms with Gasteiger partial charge in [0.1, 0.15) is 0 Å². The van der Waals surface area contributed by atoms with Gasteiger partial charge in [-0.3, -0.25) is 0 Å². The molecule has 0 heterocycles. The summed E-state index contributed by atoms with van der Waals surface area (Å²) < 4.78 is 8.68. The van der Waals surface area contributed by atoms with Crippen molar-refractivity contribution in [2.75, 3.05) is 0 Å².